The fourth-order valence-corrected chi connectivity index (χ4v) is 8.15. The maximum Gasteiger partial charge on any atom is 0.416 e. The van der Waals surface area contributed by atoms with Gasteiger partial charge in [-0.05, 0) is 82.4 Å². The minimum atomic E-state index is -4.43. The van der Waals surface area contributed by atoms with Gasteiger partial charge < -0.3 is 14.4 Å². The molecule has 0 N–H and O–H groups in total. The molecule has 0 aromatic heterocycles. The monoisotopic (exact) mass is 651 g/mol. The molecule has 0 saturated carbocycles. The Labute approximate surface area is 282 Å². The average molecular weight is 652 g/mol. The number of aryl methyl sites for hydroxylation is 1. The van der Waals surface area contributed by atoms with E-state index < -0.39 is 17.3 Å². The molecule has 0 saturated heterocycles. The summed E-state index contributed by atoms with van der Waals surface area (Å²) in [6, 6.07) is 36.9. The van der Waals surface area contributed by atoms with E-state index in [4.69, 9.17) is 9.47 Å². The molecule has 6 aromatic carbocycles. The molecule has 3 aliphatic rings. The highest BCUT2D eigenvalue weighted by Gasteiger charge is 2.52. The van der Waals surface area contributed by atoms with E-state index in [2.05, 4.69) is 73.9 Å². The van der Waals surface area contributed by atoms with Crippen LogP contribution in [-0.2, 0) is 21.9 Å². The number of nitrogens with zero attached hydrogens (tertiary/aromatic N) is 1. The molecule has 9 rings (SSSR count). The number of para-hydroxylation sites is 1. The van der Waals surface area contributed by atoms with Gasteiger partial charge in [-0.3, -0.25) is 0 Å². The van der Waals surface area contributed by atoms with Gasteiger partial charge in [0.2, 0.25) is 0 Å². The van der Waals surface area contributed by atoms with Crippen LogP contribution >= 0.6 is 0 Å². The average Bonchev–Trinajstić information content (AvgIpc) is 3.53. The minimum Gasteiger partial charge on any atom is -0.473 e. The quantitative estimate of drug-likeness (QED) is 0.186. The van der Waals surface area contributed by atoms with Crippen LogP contribution in [0.5, 0.6) is 11.5 Å². The molecule has 242 valence electrons. The van der Waals surface area contributed by atoms with Crippen molar-refractivity contribution >= 4 is 27.9 Å². The Kier molecular flexibility index (Phi) is 6.06. The zero-order valence-corrected chi connectivity index (χ0v) is 27.3. The van der Waals surface area contributed by atoms with Gasteiger partial charge in [-0.15, -0.1) is 0 Å². The lowest BCUT2D eigenvalue weighted by Gasteiger charge is -2.38. The number of alkyl halides is 3. The molecule has 0 aliphatic carbocycles. The smallest absolute Gasteiger partial charge is 0.416 e. The van der Waals surface area contributed by atoms with Gasteiger partial charge in [0.25, 0.3) is 0 Å². The Morgan fingerprint density at radius 1 is 0.735 bits per heavy atom. The van der Waals surface area contributed by atoms with Gasteiger partial charge in [0.05, 0.1) is 11.1 Å². The highest BCUT2D eigenvalue weighted by Crippen LogP contribution is 2.61. The topological polar surface area (TPSA) is 21.7 Å². The van der Waals surface area contributed by atoms with E-state index in [1.165, 1.54) is 23.4 Å². The van der Waals surface area contributed by atoms with Gasteiger partial charge in [-0.2, -0.15) is 13.2 Å². The van der Waals surface area contributed by atoms with Crippen LogP contribution in [0.25, 0.3) is 27.7 Å². The van der Waals surface area contributed by atoms with Crippen molar-refractivity contribution in [3.63, 3.8) is 0 Å². The molecule has 1 spiro atoms. The Morgan fingerprint density at radius 2 is 1.51 bits per heavy atom. The summed E-state index contributed by atoms with van der Waals surface area (Å²) in [5, 5.41) is 1.75. The lowest BCUT2D eigenvalue weighted by molar-refractivity contribution is -0.137. The van der Waals surface area contributed by atoms with Crippen molar-refractivity contribution in [1.29, 1.82) is 0 Å². The predicted octanol–water partition coefficient (Wildman–Crippen LogP) is 11.7. The first-order valence-electron chi connectivity index (χ1n) is 16.4. The van der Waals surface area contributed by atoms with Crippen molar-refractivity contribution in [1.82, 2.24) is 0 Å². The SMILES string of the molecule is C=C1OC2(c3ccc(N4CC(C)(C)c5ccccc54)cc3Oc3ccc4cc(-c5cc(C)cc(C(F)(F)F)c5)ccc4c32)c2ccccc21. The molecule has 0 bridgehead atoms. The number of hydrogen-bond donors (Lipinski definition) is 0. The summed E-state index contributed by atoms with van der Waals surface area (Å²) in [6.07, 6.45) is -4.43. The third-order valence-corrected chi connectivity index (χ3v) is 10.3. The zero-order valence-electron chi connectivity index (χ0n) is 27.3. The van der Waals surface area contributed by atoms with Crippen molar-refractivity contribution in [2.45, 2.75) is 38.0 Å². The highest BCUT2D eigenvalue weighted by molar-refractivity contribution is 5.95. The van der Waals surface area contributed by atoms with Crippen molar-refractivity contribution in [2.75, 3.05) is 11.4 Å². The molecule has 0 amide bonds. The molecule has 3 aliphatic heterocycles. The van der Waals surface area contributed by atoms with Gasteiger partial charge in [-0.25, -0.2) is 0 Å². The zero-order chi connectivity index (χ0) is 33.9. The second kappa shape index (κ2) is 10.0. The lowest BCUT2D eigenvalue weighted by Crippen LogP contribution is -2.32. The minimum absolute atomic E-state index is 0.0169. The lowest BCUT2D eigenvalue weighted by atomic mass is 9.75. The first kappa shape index (κ1) is 29.6. The van der Waals surface area contributed by atoms with Crippen LogP contribution in [0.15, 0.2) is 122 Å². The Balaban J connectivity index is 1.24. The summed E-state index contributed by atoms with van der Waals surface area (Å²) < 4.78 is 54.9. The fraction of sp³-hybridized carbons (Fsp3) is 0.163. The van der Waals surface area contributed by atoms with Crippen LogP contribution in [0.4, 0.5) is 24.5 Å². The van der Waals surface area contributed by atoms with E-state index in [9.17, 15) is 13.2 Å². The first-order valence-corrected chi connectivity index (χ1v) is 16.4. The number of hydrogen-bond acceptors (Lipinski definition) is 3. The Hall–Kier alpha value is -5.49. The van der Waals surface area contributed by atoms with E-state index in [0.717, 1.165) is 45.3 Å². The summed E-state index contributed by atoms with van der Waals surface area (Å²) in [4.78, 5) is 2.35. The van der Waals surface area contributed by atoms with Crippen LogP contribution in [0, 0.1) is 6.92 Å². The van der Waals surface area contributed by atoms with E-state index in [-0.39, 0.29) is 5.41 Å². The summed E-state index contributed by atoms with van der Waals surface area (Å²) in [6.45, 7) is 11.4. The fourth-order valence-electron chi connectivity index (χ4n) is 8.15. The van der Waals surface area contributed by atoms with Crippen LogP contribution in [0.2, 0.25) is 0 Å². The second-order valence-corrected chi connectivity index (χ2v) is 14.0. The molecular weight excluding hydrogens is 619 g/mol. The van der Waals surface area contributed by atoms with Crippen LogP contribution in [-0.4, -0.2) is 6.54 Å². The van der Waals surface area contributed by atoms with E-state index in [1.807, 2.05) is 48.5 Å². The number of anilines is 2. The molecule has 49 heavy (non-hydrogen) atoms. The molecule has 1 atom stereocenters. The van der Waals surface area contributed by atoms with E-state index in [0.29, 0.717) is 33.9 Å². The standard InChI is InChI=1S/C43H32F3NO2/c1-25-19-29(22-30(20-25)43(44,45)46)27-13-16-33-28(21-27)14-18-38-40(33)42(34-10-6-5-9-32(34)26(2)49-42)36-17-15-31(23-39(36)48-38)47-24-41(3,4)35-11-7-8-12-37(35)47/h5-23H,2,24H2,1,3-4H3. The Morgan fingerprint density at radius 3 is 2.33 bits per heavy atom. The van der Waals surface area contributed by atoms with Crippen molar-refractivity contribution < 1.29 is 22.6 Å². The number of rotatable bonds is 2. The van der Waals surface area contributed by atoms with Crippen LogP contribution < -0.4 is 9.64 Å². The molecule has 0 radical (unpaired) electrons. The van der Waals surface area contributed by atoms with Crippen molar-refractivity contribution in [3.05, 3.63) is 161 Å². The van der Waals surface area contributed by atoms with Crippen molar-refractivity contribution in [2.24, 2.45) is 0 Å². The predicted molar refractivity (Wildman–Crippen MR) is 189 cm³/mol. The normalized spacial score (nSPS) is 18.5. The number of benzene rings is 6. The molecule has 6 aromatic rings. The highest BCUT2D eigenvalue weighted by atomic mass is 19.4. The Bertz CT molecular complexity index is 2390. The second-order valence-electron chi connectivity index (χ2n) is 14.0. The molecular formula is C43H32F3NO2. The number of fused-ring (bicyclic) bond motifs is 9. The van der Waals surface area contributed by atoms with E-state index >= 15 is 0 Å². The summed E-state index contributed by atoms with van der Waals surface area (Å²) in [5.41, 5.74) is 7.16. The number of ether oxygens (including phenoxy) is 2. The number of halogens is 3. The molecule has 3 heterocycles. The third kappa shape index (κ3) is 4.29. The third-order valence-electron chi connectivity index (χ3n) is 10.3. The molecule has 0 fully saturated rings. The van der Waals surface area contributed by atoms with E-state index in [1.54, 1.807) is 13.0 Å². The first-order chi connectivity index (χ1) is 23.4. The molecule has 1 unspecified atom stereocenters. The van der Waals surface area contributed by atoms with Crippen molar-refractivity contribution in [3.8, 4) is 22.6 Å². The maximum atomic E-state index is 13.7. The van der Waals surface area contributed by atoms with Crippen LogP contribution in [0.3, 0.4) is 0 Å². The largest absolute Gasteiger partial charge is 0.473 e. The maximum absolute atomic E-state index is 13.7. The van der Waals surface area contributed by atoms with Gasteiger partial charge in [0.15, 0.2) is 5.60 Å². The summed E-state index contributed by atoms with van der Waals surface area (Å²) >= 11 is 0. The molecule has 3 nitrogen and oxygen atoms in total. The van der Waals surface area contributed by atoms with Gasteiger partial charge in [0, 0.05) is 46.1 Å². The van der Waals surface area contributed by atoms with Gasteiger partial charge in [-0.1, -0.05) is 87.2 Å². The van der Waals surface area contributed by atoms with Gasteiger partial charge in [0.1, 0.15) is 17.3 Å². The summed E-state index contributed by atoms with van der Waals surface area (Å²) in [7, 11) is 0. The summed E-state index contributed by atoms with van der Waals surface area (Å²) in [5.74, 6) is 1.93. The van der Waals surface area contributed by atoms with Crippen LogP contribution in [0.1, 0.15) is 52.8 Å². The van der Waals surface area contributed by atoms with Gasteiger partial charge >= 0.3 is 6.18 Å². The molecule has 6 heteroatoms.